The van der Waals surface area contributed by atoms with Gasteiger partial charge in [0.25, 0.3) is 5.91 Å². The molecule has 7 heteroatoms. The molecule has 0 radical (unpaired) electrons. The van der Waals surface area contributed by atoms with Crippen LogP contribution in [0.25, 0.3) is 0 Å². The summed E-state index contributed by atoms with van der Waals surface area (Å²) in [7, 11) is 0. The molecule has 1 aromatic carbocycles. The zero-order chi connectivity index (χ0) is 17.0. The summed E-state index contributed by atoms with van der Waals surface area (Å²) in [6.07, 6.45) is -1.02. The van der Waals surface area contributed by atoms with E-state index in [1.807, 2.05) is 6.07 Å². The standard InChI is InChI=1S/C16H15N3O3S/c1-9-4-3-5-12(13(9)18)16(21)22-10(2)14(20)19-15-11(8-17)6-7-23-15/h3-7,10H,18H2,1-2H3,(H,19,20). The number of carbonyl (C=O) groups is 2. The number of esters is 1. The highest BCUT2D eigenvalue weighted by molar-refractivity contribution is 7.14. The Hall–Kier alpha value is -2.85. The first-order chi connectivity index (χ1) is 10.9. The molecule has 1 heterocycles. The van der Waals surface area contributed by atoms with Gasteiger partial charge in [-0.25, -0.2) is 4.79 Å². The fourth-order valence-corrected chi connectivity index (χ4v) is 2.58. The summed E-state index contributed by atoms with van der Waals surface area (Å²) in [6.45, 7) is 3.24. The maximum absolute atomic E-state index is 12.1. The molecule has 0 spiro atoms. The van der Waals surface area contributed by atoms with E-state index in [-0.39, 0.29) is 5.56 Å². The van der Waals surface area contributed by atoms with E-state index < -0.39 is 18.0 Å². The molecule has 23 heavy (non-hydrogen) atoms. The van der Waals surface area contributed by atoms with Gasteiger partial charge in [0.05, 0.1) is 11.1 Å². The number of aryl methyl sites for hydroxylation is 1. The molecule has 1 aromatic heterocycles. The number of nitrogens with zero attached hydrogens (tertiary/aromatic N) is 1. The van der Waals surface area contributed by atoms with Gasteiger partial charge in [0, 0.05) is 5.69 Å². The van der Waals surface area contributed by atoms with E-state index in [4.69, 9.17) is 15.7 Å². The van der Waals surface area contributed by atoms with E-state index >= 15 is 0 Å². The van der Waals surface area contributed by atoms with Crippen LogP contribution in [0.15, 0.2) is 29.6 Å². The molecule has 1 amide bonds. The van der Waals surface area contributed by atoms with Crippen LogP contribution in [0, 0.1) is 18.3 Å². The number of thiophene rings is 1. The van der Waals surface area contributed by atoms with Gasteiger partial charge in [-0.05, 0) is 36.9 Å². The highest BCUT2D eigenvalue weighted by Crippen LogP contribution is 2.23. The number of nitrogen functional groups attached to an aromatic ring is 1. The van der Waals surface area contributed by atoms with Crippen molar-refractivity contribution in [2.45, 2.75) is 20.0 Å². The van der Waals surface area contributed by atoms with E-state index in [1.54, 1.807) is 36.6 Å². The Morgan fingerprint density at radius 3 is 2.83 bits per heavy atom. The van der Waals surface area contributed by atoms with E-state index in [9.17, 15) is 9.59 Å². The van der Waals surface area contributed by atoms with Crippen molar-refractivity contribution in [2.24, 2.45) is 0 Å². The monoisotopic (exact) mass is 329 g/mol. The minimum Gasteiger partial charge on any atom is -0.449 e. The summed E-state index contributed by atoms with van der Waals surface area (Å²) in [5, 5.41) is 13.6. The zero-order valence-corrected chi connectivity index (χ0v) is 13.4. The van der Waals surface area contributed by atoms with Crippen LogP contribution in [0.3, 0.4) is 0 Å². The van der Waals surface area contributed by atoms with Crippen molar-refractivity contribution in [1.29, 1.82) is 5.26 Å². The predicted octanol–water partition coefficient (Wildman–Crippen LogP) is 2.69. The van der Waals surface area contributed by atoms with Gasteiger partial charge >= 0.3 is 5.97 Å². The molecule has 2 aromatic rings. The van der Waals surface area contributed by atoms with E-state index in [0.717, 1.165) is 5.56 Å². The largest absolute Gasteiger partial charge is 0.449 e. The average Bonchev–Trinajstić information content (AvgIpc) is 2.96. The molecule has 0 aliphatic rings. The van der Waals surface area contributed by atoms with Gasteiger partial charge in [-0.1, -0.05) is 12.1 Å². The molecule has 0 bridgehead atoms. The Balaban J connectivity index is 2.05. The van der Waals surface area contributed by atoms with Crippen molar-refractivity contribution >= 4 is 33.9 Å². The van der Waals surface area contributed by atoms with Gasteiger partial charge < -0.3 is 15.8 Å². The van der Waals surface area contributed by atoms with Crippen molar-refractivity contribution in [2.75, 3.05) is 11.1 Å². The number of ether oxygens (including phenoxy) is 1. The van der Waals surface area contributed by atoms with Gasteiger partial charge in [-0.15, -0.1) is 11.3 Å². The molecule has 3 N–H and O–H groups in total. The summed E-state index contributed by atoms with van der Waals surface area (Å²) < 4.78 is 5.15. The smallest absolute Gasteiger partial charge is 0.341 e. The van der Waals surface area contributed by atoms with Crippen LogP contribution in [0.4, 0.5) is 10.7 Å². The molecule has 6 nitrogen and oxygen atoms in total. The van der Waals surface area contributed by atoms with Crippen LogP contribution in [-0.4, -0.2) is 18.0 Å². The Labute approximate surface area is 137 Å². The Bertz CT molecular complexity index is 792. The lowest BCUT2D eigenvalue weighted by Gasteiger charge is -2.14. The molecule has 0 saturated heterocycles. The Kier molecular flexibility index (Phi) is 4.98. The van der Waals surface area contributed by atoms with Gasteiger partial charge in [0.15, 0.2) is 6.10 Å². The highest BCUT2D eigenvalue weighted by atomic mass is 32.1. The first-order valence-electron chi connectivity index (χ1n) is 6.78. The number of carbonyl (C=O) groups excluding carboxylic acids is 2. The van der Waals surface area contributed by atoms with Crippen molar-refractivity contribution in [3.8, 4) is 6.07 Å². The van der Waals surface area contributed by atoms with Crippen LogP contribution in [0.1, 0.15) is 28.4 Å². The highest BCUT2D eigenvalue weighted by Gasteiger charge is 2.21. The van der Waals surface area contributed by atoms with Gasteiger partial charge in [0.2, 0.25) is 0 Å². The molecule has 118 valence electrons. The topological polar surface area (TPSA) is 105 Å². The number of anilines is 2. The van der Waals surface area contributed by atoms with Crippen LogP contribution in [-0.2, 0) is 9.53 Å². The lowest BCUT2D eigenvalue weighted by Crippen LogP contribution is -2.30. The lowest BCUT2D eigenvalue weighted by molar-refractivity contribution is -0.123. The van der Waals surface area contributed by atoms with Crippen molar-refractivity contribution < 1.29 is 14.3 Å². The fraction of sp³-hybridized carbons (Fsp3) is 0.188. The summed E-state index contributed by atoms with van der Waals surface area (Å²) in [4.78, 5) is 24.2. The van der Waals surface area contributed by atoms with E-state index in [0.29, 0.717) is 16.3 Å². The van der Waals surface area contributed by atoms with Gasteiger partial charge in [-0.3, -0.25) is 4.79 Å². The Morgan fingerprint density at radius 2 is 2.13 bits per heavy atom. The number of nitrogens with one attached hydrogen (secondary N) is 1. The van der Waals surface area contributed by atoms with Crippen LogP contribution >= 0.6 is 11.3 Å². The molecule has 1 atom stereocenters. The fourth-order valence-electron chi connectivity index (χ4n) is 1.84. The molecule has 1 unspecified atom stereocenters. The van der Waals surface area contributed by atoms with E-state index in [1.165, 1.54) is 18.3 Å². The number of rotatable bonds is 4. The first kappa shape index (κ1) is 16.5. The zero-order valence-electron chi connectivity index (χ0n) is 12.6. The third-order valence-corrected chi connectivity index (χ3v) is 4.05. The average molecular weight is 329 g/mol. The van der Waals surface area contributed by atoms with Crippen LogP contribution in [0.2, 0.25) is 0 Å². The second-order valence-corrected chi connectivity index (χ2v) is 5.76. The first-order valence-corrected chi connectivity index (χ1v) is 7.66. The normalized spacial score (nSPS) is 11.3. The van der Waals surface area contributed by atoms with Crippen molar-refractivity contribution in [3.05, 3.63) is 46.3 Å². The number of nitrogens with two attached hydrogens (primary N) is 1. The van der Waals surface area contributed by atoms with E-state index in [2.05, 4.69) is 5.32 Å². The number of hydrogen-bond acceptors (Lipinski definition) is 6. The third-order valence-electron chi connectivity index (χ3n) is 3.22. The minimum absolute atomic E-state index is 0.221. The van der Waals surface area contributed by atoms with Crippen LogP contribution < -0.4 is 11.1 Å². The maximum Gasteiger partial charge on any atom is 0.341 e. The lowest BCUT2D eigenvalue weighted by atomic mass is 10.1. The number of para-hydroxylation sites is 1. The van der Waals surface area contributed by atoms with Crippen molar-refractivity contribution in [1.82, 2.24) is 0 Å². The molecule has 2 rings (SSSR count). The second kappa shape index (κ2) is 6.94. The third kappa shape index (κ3) is 3.67. The molecule has 0 aliphatic carbocycles. The quantitative estimate of drug-likeness (QED) is 0.663. The Morgan fingerprint density at radius 1 is 1.39 bits per heavy atom. The SMILES string of the molecule is Cc1cccc(C(=O)OC(C)C(=O)Nc2sccc2C#N)c1N. The van der Waals surface area contributed by atoms with Gasteiger partial charge in [-0.2, -0.15) is 5.26 Å². The number of benzene rings is 1. The summed E-state index contributed by atoms with van der Waals surface area (Å²) in [5.74, 6) is -1.18. The predicted molar refractivity (Wildman–Crippen MR) is 88.1 cm³/mol. The van der Waals surface area contributed by atoms with Crippen LogP contribution in [0.5, 0.6) is 0 Å². The van der Waals surface area contributed by atoms with Gasteiger partial charge in [0.1, 0.15) is 11.1 Å². The number of hydrogen-bond donors (Lipinski definition) is 2. The number of nitriles is 1. The summed E-state index contributed by atoms with van der Waals surface area (Å²) in [6, 6.07) is 8.59. The molecule has 0 fully saturated rings. The molecular weight excluding hydrogens is 314 g/mol. The molecular formula is C16H15N3O3S. The summed E-state index contributed by atoms with van der Waals surface area (Å²) >= 11 is 1.22. The molecule has 0 saturated carbocycles. The second-order valence-electron chi connectivity index (χ2n) is 4.85. The number of amides is 1. The molecule has 0 aliphatic heterocycles. The maximum atomic E-state index is 12.1. The van der Waals surface area contributed by atoms with Crippen molar-refractivity contribution in [3.63, 3.8) is 0 Å². The minimum atomic E-state index is -1.02. The summed E-state index contributed by atoms with van der Waals surface area (Å²) in [5.41, 5.74) is 7.52.